The standard InChI is InChI=1S/C31H37FO5/c1-35-27-20-25(18-8-4-3-5-13-19-26(32)22-33)29(28(21-27)36-2)31(34)37-30(23-14-9-6-10-15-23)24-16-11-7-12-17-24/h6-7,9-12,14-17,20-21,26,30,33H,3-5,8,13,18-19,22H2,1-2H3. The number of carbonyl (C=O) groups is 1. The van der Waals surface area contributed by atoms with Gasteiger partial charge in [0.25, 0.3) is 0 Å². The third kappa shape index (κ3) is 8.32. The summed E-state index contributed by atoms with van der Waals surface area (Å²) in [7, 11) is 3.12. The van der Waals surface area contributed by atoms with Gasteiger partial charge in [-0.3, -0.25) is 0 Å². The maximum atomic E-state index is 13.7. The zero-order valence-corrected chi connectivity index (χ0v) is 21.7. The molecule has 3 aromatic carbocycles. The fraction of sp³-hybridized carbons (Fsp3) is 0.387. The Balaban J connectivity index is 1.78. The number of hydrogen-bond donors (Lipinski definition) is 1. The smallest absolute Gasteiger partial charge is 0.343 e. The van der Waals surface area contributed by atoms with Crippen molar-refractivity contribution in [1.82, 2.24) is 0 Å². The van der Waals surface area contributed by atoms with Gasteiger partial charge in [-0.25, -0.2) is 9.18 Å². The largest absolute Gasteiger partial charge is 0.497 e. The SMILES string of the molecule is COc1cc(CCCCCCCC(F)CO)c(C(=O)OC(c2ccccc2)c2ccccc2)c(OC)c1. The van der Waals surface area contributed by atoms with Crippen molar-refractivity contribution < 1.29 is 28.5 Å². The van der Waals surface area contributed by atoms with E-state index in [9.17, 15) is 9.18 Å². The lowest BCUT2D eigenvalue weighted by atomic mass is 9.98. The van der Waals surface area contributed by atoms with Gasteiger partial charge in [-0.15, -0.1) is 0 Å². The molecule has 1 N–H and O–H groups in total. The number of benzene rings is 3. The number of aliphatic hydroxyl groups excluding tert-OH is 1. The molecule has 1 atom stereocenters. The number of hydrogen-bond acceptors (Lipinski definition) is 5. The van der Waals surface area contributed by atoms with E-state index >= 15 is 0 Å². The van der Waals surface area contributed by atoms with Crippen LogP contribution in [0.4, 0.5) is 4.39 Å². The van der Waals surface area contributed by atoms with Crippen LogP contribution in [0.5, 0.6) is 11.5 Å². The molecule has 0 heterocycles. The molecule has 3 aromatic rings. The van der Waals surface area contributed by atoms with Gasteiger partial charge in [0.2, 0.25) is 0 Å². The molecule has 5 nitrogen and oxygen atoms in total. The Hall–Kier alpha value is -3.38. The fourth-order valence-electron chi connectivity index (χ4n) is 4.41. The minimum absolute atomic E-state index is 0.392. The summed E-state index contributed by atoms with van der Waals surface area (Å²) in [5.74, 6) is 0.575. The highest BCUT2D eigenvalue weighted by Crippen LogP contribution is 2.34. The van der Waals surface area contributed by atoms with Crippen molar-refractivity contribution in [2.45, 2.75) is 57.2 Å². The zero-order chi connectivity index (χ0) is 26.5. The van der Waals surface area contributed by atoms with Crippen LogP contribution < -0.4 is 9.47 Å². The predicted molar refractivity (Wildman–Crippen MR) is 143 cm³/mol. The van der Waals surface area contributed by atoms with Gasteiger partial charge < -0.3 is 19.3 Å². The Morgan fingerprint density at radius 2 is 1.43 bits per heavy atom. The lowest BCUT2D eigenvalue weighted by Gasteiger charge is -2.21. The van der Waals surface area contributed by atoms with E-state index in [4.69, 9.17) is 19.3 Å². The molecular formula is C31H37FO5. The Bertz CT molecular complexity index is 1050. The van der Waals surface area contributed by atoms with E-state index < -0.39 is 24.9 Å². The number of ether oxygens (including phenoxy) is 3. The van der Waals surface area contributed by atoms with Gasteiger partial charge in [0.15, 0.2) is 6.10 Å². The molecular weight excluding hydrogens is 471 g/mol. The summed E-state index contributed by atoms with van der Waals surface area (Å²) in [6.45, 7) is -0.411. The molecule has 0 amide bonds. The summed E-state index contributed by atoms with van der Waals surface area (Å²) in [5, 5.41) is 8.81. The van der Waals surface area contributed by atoms with Crippen LogP contribution in [0.25, 0.3) is 0 Å². The third-order valence-electron chi connectivity index (χ3n) is 6.41. The summed E-state index contributed by atoms with van der Waals surface area (Å²) < 4.78 is 30.4. The number of esters is 1. The second kappa shape index (κ2) is 15.0. The molecule has 37 heavy (non-hydrogen) atoms. The second-order valence-corrected chi connectivity index (χ2v) is 9.06. The van der Waals surface area contributed by atoms with E-state index in [0.717, 1.165) is 48.8 Å². The van der Waals surface area contributed by atoms with E-state index in [1.54, 1.807) is 13.2 Å². The number of aryl methyl sites for hydroxylation is 1. The summed E-state index contributed by atoms with van der Waals surface area (Å²) in [6.07, 6.45) is 3.78. The van der Waals surface area contributed by atoms with Crippen LogP contribution in [-0.4, -0.2) is 38.1 Å². The normalized spacial score (nSPS) is 11.8. The Kier molecular flexibility index (Phi) is 11.4. The molecule has 6 heteroatoms. The first-order chi connectivity index (χ1) is 18.1. The van der Waals surface area contributed by atoms with Gasteiger partial charge in [0, 0.05) is 6.07 Å². The molecule has 0 aliphatic rings. The van der Waals surface area contributed by atoms with Crippen LogP contribution >= 0.6 is 0 Å². The van der Waals surface area contributed by atoms with E-state index in [-0.39, 0.29) is 0 Å². The van der Waals surface area contributed by atoms with Gasteiger partial charge in [-0.1, -0.05) is 86.3 Å². The van der Waals surface area contributed by atoms with Gasteiger partial charge >= 0.3 is 5.97 Å². The molecule has 1 unspecified atom stereocenters. The summed E-state index contributed by atoms with van der Waals surface area (Å²) in [5.41, 5.74) is 2.98. The molecule has 0 saturated heterocycles. The third-order valence-corrected chi connectivity index (χ3v) is 6.41. The second-order valence-electron chi connectivity index (χ2n) is 9.06. The maximum Gasteiger partial charge on any atom is 0.343 e. The molecule has 0 radical (unpaired) electrons. The number of aliphatic hydroxyl groups is 1. The highest BCUT2D eigenvalue weighted by atomic mass is 19.1. The van der Waals surface area contributed by atoms with Crippen molar-refractivity contribution in [2.24, 2.45) is 0 Å². The van der Waals surface area contributed by atoms with Gasteiger partial charge in [-0.05, 0) is 42.0 Å². The molecule has 0 aliphatic heterocycles. The summed E-state index contributed by atoms with van der Waals surface area (Å²) in [4.78, 5) is 13.7. The van der Waals surface area contributed by atoms with Crippen LogP contribution in [-0.2, 0) is 11.2 Å². The van der Waals surface area contributed by atoms with Gasteiger partial charge in [-0.2, -0.15) is 0 Å². The van der Waals surface area contributed by atoms with Crippen molar-refractivity contribution in [3.05, 3.63) is 95.1 Å². The fourth-order valence-corrected chi connectivity index (χ4v) is 4.41. The first kappa shape index (κ1) is 28.2. The van der Waals surface area contributed by atoms with Crippen LogP contribution in [0.1, 0.15) is 71.7 Å². The molecule has 0 saturated carbocycles. The van der Waals surface area contributed by atoms with E-state index in [1.807, 2.05) is 66.7 Å². The molecule has 3 rings (SSSR count). The first-order valence-corrected chi connectivity index (χ1v) is 12.9. The van der Waals surface area contributed by atoms with Crippen molar-refractivity contribution in [3.8, 4) is 11.5 Å². The number of alkyl halides is 1. The summed E-state index contributed by atoms with van der Waals surface area (Å²) >= 11 is 0. The van der Waals surface area contributed by atoms with Crippen LogP contribution in [0.15, 0.2) is 72.8 Å². The number of methoxy groups -OCH3 is 2. The van der Waals surface area contributed by atoms with Gasteiger partial charge in [0.1, 0.15) is 23.2 Å². The molecule has 0 fully saturated rings. The van der Waals surface area contributed by atoms with Crippen LogP contribution in [0, 0.1) is 0 Å². The zero-order valence-electron chi connectivity index (χ0n) is 21.7. The van der Waals surface area contributed by atoms with Crippen molar-refractivity contribution in [1.29, 1.82) is 0 Å². The average Bonchev–Trinajstić information content (AvgIpc) is 2.95. The first-order valence-electron chi connectivity index (χ1n) is 12.9. The number of carbonyl (C=O) groups excluding carboxylic acids is 1. The average molecular weight is 509 g/mol. The molecule has 0 bridgehead atoms. The molecule has 0 aromatic heterocycles. The monoisotopic (exact) mass is 508 g/mol. The van der Waals surface area contributed by atoms with E-state index in [0.29, 0.717) is 29.9 Å². The van der Waals surface area contributed by atoms with Gasteiger partial charge in [0.05, 0.1) is 20.8 Å². The number of halogens is 1. The highest BCUT2D eigenvalue weighted by molar-refractivity contribution is 5.95. The van der Waals surface area contributed by atoms with Crippen molar-refractivity contribution >= 4 is 5.97 Å². The minimum Gasteiger partial charge on any atom is -0.497 e. The molecule has 0 spiro atoms. The maximum absolute atomic E-state index is 13.7. The minimum atomic E-state index is -1.13. The highest BCUT2D eigenvalue weighted by Gasteiger charge is 2.25. The Labute approximate surface area is 219 Å². The van der Waals surface area contributed by atoms with Crippen LogP contribution in [0.2, 0.25) is 0 Å². The summed E-state index contributed by atoms with van der Waals surface area (Å²) in [6, 6.07) is 22.9. The Morgan fingerprint density at radius 3 is 2.00 bits per heavy atom. The van der Waals surface area contributed by atoms with E-state index in [2.05, 4.69) is 0 Å². The lowest BCUT2D eigenvalue weighted by molar-refractivity contribution is 0.0373. The van der Waals surface area contributed by atoms with Crippen molar-refractivity contribution in [3.63, 3.8) is 0 Å². The molecule has 0 aliphatic carbocycles. The predicted octanol–water partition coefficient (Wildman–Crippen LogP) is 6.86. The topological polar surface area (TPSA) is 65.0 Å². The van der Waals surface area contributed by atoms with Crippen molar-refractivity contribution in [2.75, 3.05) is 20.8 Å². The number of rotatable bonds is 15. The Morgan fingerprint density at radius 1 is 0.838 bits per heavy atom. The number of unbranched alkanes of at least 4 members (excludes halogenated alkanes) is 4. The quantitative estimate of drug-likeness (QED) is 0.179. The van der Waals surface area contributed by atoms with Crippen LogP contribution in [0.3, 0.4) is 0 Å². The van der Waals surface area contributed by atoms with E-state index in [1.165, 1.54) is 7.11 Å². The lowest BCUT2D eigenvalue weighted by Crippen LogP contribution is -2.16. The molecule has 198 valence electrons.